The molecule has 2 aliphatic rings. The van der Waals surface area contributed by atoms with Gasteiger partial charge in [-0.05, 0) is 46.0 Å². The summed E-state index contributed by atoms with van der Waals surface area (Å²) in [6.07, 6.45) is 4.48. The molecule has 1 aliphatic carbocycles. The molecule has 1 saturated heterocycles. The van der Waals surface area contributed by atoms with E-state index in [2.05, 4.69) is 24.1 Å². The van der Waals surface area contributed by atoms with Crippen LogP contribution in [0.25, 0.3) is 0 Å². The summed E-state index contributed by atoms with van der Waals surface area (Å²) in [5.41, 5.74) is 1.05. The Morgan fingerprint density at radius 1 is 1.21 bits per heavy atom. The van der Waals surface area contributed by atoms with Crippen molar-refractivity contribution < 1.29 is 9.59 Å². The van der Waals surface area contributed by atoms with Crippen molar-refractivity contribution in [3.05, 3.63) is 15.6 Å². The van der Waals surface area contributed by atoms with Gasteiger partial charge in [0, 0.05) is 29.8 Å². The first-order valence-corrected chi connectivity index (χ1v) is 9.84. The van der Waals surface area contributed by atoms with Crippen molar-refractivity contribution in [1.82, 2.24) is 15.2 Å². The highest BCUT2D eigenvalue weighted by Gasteiger charge is 2.36. The SMILES string of the molecule is CC[C@@H](NC(=O)C1CCN(C(=O)C2CC2)CC1)c1nc(C)c(C)s1. The van der Waals surface area contributed by atoms with Crippen molar-refractivity contribution in [3.8, 4) is 0 Å². The van der Waals surface area contributed by atoms with E-state index in [4.69, 9.17) is 0 Å². The third-order valence-corrected chi connectivity index (χ3v) is 6.36. The lowest BCUT2D eigenvalue weighted by atomic mass is 9.95. The number of likely N-dealkylation sites (tertiary alicyclic amines) is 1. The maximum atomic E-state index is 12.6. The number of hydrogen-bond donors (Lipinski definition) is 1. The minimum Gasteiger partial charge on any atom is -0.347 e. The smallest absolute Gasteiger partial charge is 0.225 e. The van der Waals surface area contributed by atoms with E-state index < -0.39 is 0 Å². The molecule has 0 spiro atoms. The van der Waals surface area contributed by atoms with Crippen molar-refractivity contribution in [2.75, 3.05) is 13.1 Å². The molecule has 1 aromatic rings. The molecule has 0 radical (unpaired) electrons. The Hall–Kier alpha value is -1.43. The fourth-order valence-corrected chi connectivity index (χ4v) is 4.28. The summed E-state index contributed by atoms with van der Waals surface area (Å²) in [6.45, 7) is 7.60. The average Bonchev–Trinajstić information content (AvgIpc) is 3.38. The van der Waals surface area contributed by atoms with Crippen LogP contribution in [0.5, 0.6) is 0 Å². The summed E-state index contributed by atoms with van der Waals surface area (Å²) >= 11 is 1.67. The second kappa shape index (κ2) is 7.21. The Labute approximate surface area is 147 Å². The van der Waals surface area contributed by atoms with Gasteiger partial charge in [0.2, 0.25) is 11.8 Å². The van der Waals surface area contributed by atoms with Crippen LogP contribution in [0.3, 0.4) is 0 Å². The molecule has 3 rings (SSSR count). The third-order valence-electron chi connectivity index (χ3n) is 5.17. The van der Waals surface area contributed by atoms with Gasteiger partial charge in [0.15, 0.2) is 0 Å². The van der Waals surface area contributed by atoms with E-state index in [1.807, 2.05) is 11.8 Å². The van der Waals surface area contributed by atoms with Gasteiger partial charge >= 0.3 is 0 Å². The number of carbonyl (C=O) groups excluding carboxylic acids is 2. The number of piperidine rings is 1. The molecule has 0 aromatic carbocycles. The van der Waals surface area contributed by atoms with Crippen LogP contribution in [0.1, 0.15) is 60.6 Å². The maximum absolute atomic E-state index is 12.6. The fraction of sp³-hybridized carbons (Fsp3) is 0.722. The quantitative estimate of drug-likeness (QED) is 0.889. The molecule has 2 fully saturated rings. The third kappa shape index (κ3) is 3.79. The van der Waals surface area contributed by atoms with E-state index in [-0.39, 0.29) is 23.8 Å². The fourth-order valence-electron chi connectivity index (χ4n) is 3.23. The summed E-state index contributed by atoms with van der Waals surface area (Å²) in [5.74, 6) is 0.709. The number of carbonyl (C=O) groups is 2. The van der Waals surface area contributed by atoms with E-state index in [0.717, 1.165) is 55.9 Å². The first kappa shape index (κ1) is 17.4. The highest BCUT2D eigenvalue weighted by atomic mass is 32.1. The van der Waals surface area contributed by atoms with Gasteiger partial charge in [-0.2, -0.15) is 0 Å². The number of aromatic nitrogens is 1. The van der Waals surface area contributed by atoms with Gasteiger partial charge in [0.1, 0.15) is 5.01 Å². The molecule has 1 atom stereocenters. The van der Waals surface area contributed by atoms with Crippen LogP contribution in [-0.4, -0.2) is 34.8 Å². The standard InChI is InChI=1S/C18H27N3O2S/c1-4-15(17-19-11(2)12(3)24-17)20-16(22)13-7-9-21(10-8-13)18(23)14-5-6-14/h13-15H,4-10H2,1-3H3,(H,20,22)/t15-/m1/s1. The number of thiazole rings is 1. The lowest BCUT2D eigenvalue weighted by Crippen LogP contribution is -2.44. The number of hydrogen-bond acceptors (Lipinski definition) is 4. The van der Waals surface area contributed by atoms with Crippen molar-refractivity contribution in [3.63, 3.8) is 0 Å². The Balaban J connectivity index is 1.53. The highest BCUT2D eigenvalue weighted by molar-refractivity contribution is 7.11. The zero-order valence-corrected chi connectivity index (χ0v) is 15.6. The lowest BCUT2D eigenvalue weighted by molar-refractivity contribution is -0.136. The summed E-state index contributed by atoms with van der Waals surface area (Å²) in [7, 11) is 0. The molecule has 1 N–H and O–H groups in total. The van der Waals surface area contributed by atoms with Crippen LogP contribution >= 0.6 is 11.3 Å². The van der Waals surface area contributed by atoms with Gasteiger partial charge in [0.05, 0.1) is 11.7 Å². The van der Waals surface area contributed by atoms with Crippen molar-refractivity contribution >= 4 is 23.2 Å². The second-order valence-corrected chi connectivity index (χ2v) is 8.27. The zero-order chi connectivity index (χ0) is 17.3. The molecule has 132 valence electrons. The lowest BCUT2D eigenvalue weighted by Gasteiger charge is -2.32. The Morgan fingerprint density at radius 2 is 1.88 bits per heavy atom. The van der Waals surface area contributed by atoms with E-state index in [1.54, 1.807) is 11.3 Å². The maximum Gasteiger partial charge on any atom is 0.225 e. The molecular formula is C18H27N3O2S. The van der Waals surface area contributed by atoms with Crippen LogP contribution in [0, 0.1) is 25.7 Å². The molecule has 2 heterocycles. The van der Waals surface area contributed by atoms with Crippen LogP contribution in [0.15, 0.2) is 0 Å². The number of aryl methyl sites for hydroxylation is 2. The van der Waals surface area contributed by atoms with E-state index in [0.29, 0.717) is 5.91 Å². The van der Waals surface area contributed by atoms with E-state index in [9.17, 15) is 9.59 Å². The van der Waals surface area contributed by atoms with E-state index >= 15 is 0 Å². The Morgan fingerprint density at radius 3 is 2.38 bits per heavy atom. The molecule has 0 unspecified atom stereocenters. The molecule has 5 nitrogen and oxygen atoms in total. The van der Waals surface area contributed by atoms with Crippen molar-refractivity contribution in [2.45, 2.75) is 58.9 Å². The summed E-state index contributed by atoms with van der Waals surface area (Å²) in [5, 5.41) is 4.18. The van der Waals surface area contributed by atoms with Gasteiger partial charge in [-0.3, -0.25) is 9.59 Å². The Kier molecular flexibility index (Phi) is 5.23. The molecule has 0 bridgehead atoms. The summed E-state index contributed by atoms with van der Waals surface area (Å²) < 4.78 is 0. The summed E-state index contributed by atoms with van der Waals surface area (Å²) in [6, 6.07) is 0.000950. The zero-order valence-electron chi connectivity index (χ0n) is 14.8. The number of nitrogens with zero attached hydrogens (tertiary/aromatic N) is 2. The predicted octanol–water partition coefficient (Wildman–Crippen LogP) is 2.98. The van der Waals surface area contributed by atoms with Crippen LogP contribution in [-0.2, 0) is 9.59 Å². The van der Waals surface area contributed by atoms with Gasteiger partial charge in [-0.25, -0.2) is 4.98 Å². The van der Waals surface area contributed by atoms with Crippen LogP contribution in [0.4, 0.5) is 0 Å². The van der Waals surface area contributed by atoms with Crippen molar-refractivity contribution in [2.24, 2.45) is 11.8 Å². The number of rotatable bonds is 5. The largest absolute Gasteiger partial charge is 0.347 e. The molecule has 1 aliphatic heterocycles. The molecule has 1 aromatic heterocycles. The molecular weight excluding hydrogens is 322 g/mol. The second-order valence-electron chi connectivity index (χ2n) is 7.04. The number of amides is 2. The highest BCUT2D eigenvalue weighted by Crippen LogP contribution is 2.32. The first-order chi connectivity index (χ1) is 11.5. The van der Waals surface area contributed by atoms with Crippen LogP contribution in [0.2, 0.25) is 0 Å². The molecule has 1 saturated carbocycles. The summed E-state index contributed by atoms with van der Waals surface area (Å²) in [4.78, 5) is 32.5. The minimum atomic E-state index is 0.000950. The monoisotopic (exact) mass is 349 g/mol. The Bertz CT molecular complexity index is 596. The average molecular weight is 350 g/mol. The van der Waals surface area contributed by atoms with Crippen LogP contribution < -0.4 is 5.32 Å². The molecule has 6 heteroatoms. The van der Waals surface area contributed by atoms with Gasteiger partial charge in [0.25, 0.3) is 0 Å². The topological polar surface area (TPSA) is 62.3 Å². The van der Waals surface area contributed by atoms with E-state index in [1.165, 1.54) is 4.88 Å². The molecule has 24 heavy (non-hydrogen) atoms. The van der Waals surface area contributed by atoms with Crippen molar-refractivity contribution in [1.29, 1.82) is 0 Å². The first-order valence-electron chi connectivity index (χ1n) is 9.02. The predicted molar refractivity (Wildman–Crippen MR) is 94.8 cm³/mol. The number of nitrogens with one attached hydrogen (secondary N) is 1. The minimum absolute atomic E-state index is 0.000950. The normalized spacial score (nSPS) is 20.0. The van der Waals surface area contributed by atoms with Gasteiger partial charge in [-0.1, -0.05) is 6.92 Å². The molecule has 2 amide bonds. The van der Waals surface area contributed by atoms with Gasteiger partial charge in [-0.15, -0.1) is 11.3 Å². The van der Waals surface area contributed by atoms with Gasteiger partial charge < -0.3 is 10.2 Å².